The largest absolute Gasteiger partial charge is 0.451 e. The van der Waals surface area contributed by atoms with Crippen LogP contribution in [0.5, 0.6) is 0 Å². The van der Waals surface area contributed by atoms with E-state index in [1.807, 2.05) is 56.3 Å². The molecular weight excluding hydrogens is 354 g/mol. The van der Waals surface area contributed by atoms with Crippen molar-refractivity contribution in [3.63, 3.8) is 0 Å². The molecule has 1 aromatic heterocycles. The van der Waals surface area contributed by atoms with Gasteiger partial charge in [0, 0.05) is 16.9 Å². The van der Waals surface area contributed by atoms with Crippen LogP contribution in [-0.2, 0) is 10.3 Å². The first-order valence-electron chi connectivity index (χ1n) is 7.29. The number of aromatic nitrogens is 1. The summed E-state index contributed by atoms with van der Waals surface area (Å²) < 4.78 is 6.72. The van der Waals surface area contributed by atoms with Gasteiger partial charge in [0.2, 0.25) is 0 Å². The number of hydrogen-bond acceptors (Lipinski definition) is 3. The van der Waals surface area contributed by atoms with E-state index in [2.05, 4.69) is 20.9 Å². The summed E-state index contributed by atoms with van der Waals surface area (Å²) in [5.41, 5.74) is 0.738. The summed E-state index contributed by atoms with van der Waals surface area (Å²) in [6.45, 7) is 3.75. The number of esters is 1. The first-order chi connectivity index (χ1) is 11.0. The van der Waals surface area contributed by atoms with E-state index in [0.717, 1.165) is 20.8 Å². The van der Waals surface area contributed by atoms with E-state index in [1.165, 1.54) is 0 Å². The topological polar surface area (TPSA) is 39.2 Å². The number of benzene rings is 2. The zero-order chi connectivity index (χ0) is 16.4. The second kappa shape index (κ2) is 6.13. The van der Waals surface area contributed by atoms with Gasteiger partial charge in [0.15, 0.2) is 0 Å². The van der Waals surface area contributed by atoms with E-state index < -0.39 is 5.60 Å². The van der Waals surface area contributed by atoms with Crippen molar-refractivity contribution in [2.75, 3.05) is 0 Å². The van der Waals surface area contributed by atoms with E-state index in [-0.39, 0.29) is 5.97 Å². The molecule has 0 radical (unpaired) electrons. The molecule has 0 aliphatic heterocycles. The van der Waals surface area contributed by atoms with Crippen molar-refractivity contribution in [2.45, 2.75) is 19.4 Å². The monoisotopic (exact) mass is 369 g/mol. The Hall–Kier alpha value is -2.20. The molecule has 1 heterocycles. The molecule has 2 aromatic carbocycles. The van der Waals surface area contributed by atoms with Crippen LogP contribution >= 0.6 is 15.9 Å². The molecule has 0 aliphatic rings. The minimum absolute atomic E-state index is 0.336. The summed E-state index contributed by atoms with van der Waals surface area (Å²) in [6, 6.07) is 15.2. The number of ether oxygens (including phenoxy) is 1. The summed E-state index contributed by atoms with van der Waals surface area (Å²) in [7, 11) is 0. The Morgan fingerprint density at radius 1 is 1.00 bits per heavy atom. The molecule has 3 aromatic rings. The van der Waals surface area contributed by atoms with Crippen LogP contribution in [0.2, 0.25) is 0 Å². The summed E-state index contributed by atoms with van der Waals surface area (Å²) in [5, 5.41) is 2.08. The Kier molecular flexibility index (Phi) is 4.18. The summed E-state index contributed by atoms with van der Waals surface area (Å²) in [4.78, 5) is 16.5. The van der Waals surface area contributed by atoms with Crippen LogP contribution in [0, 0.1) is 0 Å². The first-order valence-corrected chi connectivity index (χ1v) is 8.08. The number of halogens is 1. The maximum Gasteiger partial charge on any atom is 0.339 e. The average molecular weight is 370 g/mol. The highest BCUT2D eigenvalue weighted by Gasteiger charge is 2.26. The van der Waals surface area contributed by atoms with Gasteiger partial charge in [-0.1, -0.05) is 28.1 Å². The number of rotatable bonds is 3. The fraction of sp³-hybridized carbons (Fsp3) is 0.158. The smallest absolute Gasteiger partial charge is 0.339 e. The zero-order valence-electron chi connectivity index (χ0n) is 12.9. The molecular formula is C19H16BrNO2. The van der Waals surface area contributed by atoms with Gasteiger partial charge >= 0.3 is 5.97 Å². The van der Waals surface area contributed by atoms with Crippen molar-refractivity contribution in [1.82, 2.24) is 4.98 Å². The number of nitrogens with zero attached hydrogens (tertiary/aromatic N) is 1. The van der Waals surface area contributed by atoms with Crippen LogP contribution in [0.15, 0.2) is 65.4 Å². The van der Waals surface area contributed by atoms with E-state index in [4.69, 9.17) is 4.74 Å². The molecule has 3 nitrogen and oxygen atoms in total. The third-order valence-electron chi connectivity index (χ3n) is 3.76. The van der Waals surface area contributed by atoms with Gasteiger partial charge in [-0.25, -0.2) is 4.79 Å². The lowest BCUT2D eigenvalue weighted by Gasteiger charge is -2.25. The molecule has 0 fully saturated rings. The van der Waals surface area contributed by atoms with Gasteiger partial charge in [-0.3, -0.25) is 4.98 Å². The van der Waals surface area contributed by atoms with Crippen molar-refractivity contribution in [3.8, 4) is 0 Å². The molecule has 0 N–H and O–H groups in total. The lowest BCUT2D eigenvalue weighted by atomic mass is 9.99. The molecule has 116 valence electrons. The Morgan fingerprint density at radius 3 is 2.39 bits per heavy atom. The van der Waals surface area contributed by atoms with Crippen LogP contribution in [0.1, 0.15) is 29.8 Å². The Morgan fingerprint density at radius 2 is 1.65 bits per heavy atom. The highest BCUT2D eigenvalue weighted by molar-refractivity contribution is 9.10. The number of carbonyl (C=O) groups is 1. The maximum absolute atomic E-state index is 12.5. The molecule has 23 heavy (non-hydrogen) atoms. The van der Waals surface area contributed by atoms with Gasteiger partial charge in [0.05, 0.1) is 5.56 Å². The highest BCUT2D eigenvalue weighted by atomic mass is 79.9. The molecule has 0 bridgehead atoms. The normalized spacial score (nSPS) is 11.4. The van der Waals surface area contributed by atoms with E-state index >= 15 is 0 Å². The van der Waals surface area contributed by atoms with Gasteiger partial charge in [0.1, 0.15) is 5.60 Å². The Bertz CT molecular complexity index is 860. The summed E-state index contributed by atoms with van der Waals surface area (Å²) in [6.07, 6.45) is 3.39. The van der Waals surface area contributed by atoms with Crippen molar-refractivity contribution in [3.05, 3.63) is 76.5 Å². The van der Waals surface area contributed by atoms with E-state index in [1.54, 1.807) is 18.5 Å². The minimum atomic E-state index is -0.714. The van der Waals surface area contributed by atoms with Gasteiger partial charge in [-0.2, -0.15) is 0 Å². The summed E-state index contributed by atoms with van der Waals surface area (Å²) in [5.74, 6) is -0.336. The lowest BCUT2D eigenvalue weighted by Crippen LogP contribution is -2.25. The highest BCUT2D eigenvalue weighted by Crippen LogP contribution is 2.27. The quantitative estimate of drug-likeness (QED) is 0.603. The minimum Gasteiger partial charge on any atom is -0.451 e. The number of fused-ring (bicyclic) bond motifs is 1. The zero-order valence-corrected chi connectivity index (χ0v) is 14.5. The number of hydrogen-bond donors (Lipinski definition) is 0. The van der Waals surface area contributed by atoms with E-state index in [0.29, 0.717) is 5.56 Å². The van der Waals surface area contributed by atoms with Crippen molar-refractivity contribution in [1.29, 1.82) is 0 Å². The van der Waals surface area contributed by atoms with Gasteiger partial charge < -0.3 is 4.74 Å². The third-order valence-corrected chi connectivity index (χ3v) is 4.25. The lowest BCUT2D eigenvalue weighted by molar-refractivity contribution is -0.00314. The Labute approximate surface area is 143 Å². The van der Waals surface area contributed by atoms with Gasteiger partial charge in [-0.15, -0.1) is 0 Å². The molecule has 0 unspecified atom stereocenters. The van der Waals surface area contributed by atoms with Gasteiger partial charge in [-0.05, 0) is 66.6 Å². The third kappa shape index (κ3) is 3.42. The van der Waals surface area contributed by atoms with Crippen LogP contribution in [0.3, 0.4) is 0 Å². The van der Waals surface area contributed by atoms with Gasteiger partial charge in [0.25, 0.3) is 0 Å². The predicted molar refractivity (Wildman–Crippen MR) is 94.3 cm³/mol. The second-order valence-electron chi connectivity index (χ2n) is 5.84. The fourth-order valence-electron chi connectivity index (χ4n) is 2.45. The standard InChI is InChI=1S/C19H16BrNO2/c1-19(2,16-7-9-21-10-8-16)23-18(22)15-4-3-14-12-17(20)6-5-13(14)11-15/h3-12H,1-2H3. The molecule has 3 rings (SSSR count). The number of carbonyl (C=O) groups excluding carboxylic acids is 1. The van der Waals surface area contributed by atoms with Crippen molar-refractivity contribution in [2.24, 2.45) is 0 Å². The molecule has 0 spiro atoms. The molecule has 0 amide bonds. The van der Waals surface area contributed by atoms with Crippen molar-refractivity contribution >= 4 is 32.7 Å². The Balaban J connectivity index is 1.87. The number of pyridine rings is 1. The molecule has 0 saturated carbocycles. The van der Waals surface area contributed by atoms with Crippen LogP contribution in [-0.4, -0.2) is 11.0 Å². The van der Waals surface area contributed by atoms with Crippen LogP contribution < -0.4 is 0 Å². The first kappa shape index (κ1) is 15.7. The second-order valence-corrected chi connectivity index (χ2v) is 6.76. The molecule has 0 atom stereocenters. The SMILES string of the molecule is CC(C)(OC(=O)c1ccc2cc(Br)ccc2c1)c1ccncc1. The maximum atomic E-state index is 12.5. The molecule has 0 saturated heterocycles. The van der Waals surface area contributed by atoms with Crippen molar-refractivity contribution < 1.29 is 9.53 Å². The predicted octanol–water partition coefficient (Wildman–Crippen LogP) is 5.09. The summed E-state index contributed by atoms with van der Waals surface area (Å²) >= 11 is 3.45. The molecule has 0 aliphatic carbocycles. The molecule has 4 heteroatoms. The van der Waals surface area contributed by atoms with Crippen LogP contribution in [0.25, 0.3) is 10.8 Å². The van der Waals surface area contributed by atoms with E-state index in [9.17, 15) is 4.79 Å². The van der Waals surface area contributed by atoms with Crippen LogP contribution in [0.4, 0.5) is 0 Å². The fourth-order valence-corrected chi connectivity index (χ4v) is 2.83. The average Bonchev–Trinajstić information content (AvgIpc) is 2.54.